The first-order chi connectivity index (χ1) is 17.0. The van der Waals surface area contributed by atoms with Gasteiger partial charge in [0.2, 0.25) is 0 Å². The van der Waals surface area contributed by atoms with Crippen LogP contribution in [0.15, 0.2) is 77.7 Å². The van der Waals surface area contributed by atoms with Crippen LogP contribution in [-0.4, -0.2) is 23.2 Å². The molecule has 0 amide bonds. The smallest absolute Gasteiger partial charge is 0.157 e. The van der Waals surface area contributed by atoms with Crippen molar-refractivity contribution in [3.05, 3.63) is 89.5 Å². The van der Waals surface area contributed by atoms with Crippen LogP contribution in [0.2, 0.25) is 0 Å². The average Bonchev–Trinajstić information content (AvgIpc) is 2.82. The highest BCUT2D eigenvalue weighted by molar-refractivity contribution is 7.85. The maximum Gasteiger partial charge on any atom is 0.157 e. The summed E-state index contributed by atoms with van der Waals surface area (Å²) in [6, 6.07) is 21.8. The molecule has 0 bridgehead atoms. The van der Waals surface area contributed by atoms with Crippen molar-refractivity contribution in [2.75, 3.05) is 0 Å². The Morgan fingerprint density at radius 3 is 1.81 bits per heavy atom. The van der Waals surface area contributed by atoms with Gasteiger partial charge in [0.1, 0.15) is 10.1 Å². The van der Waals surface area contributed by atoms with E-state index in [0.717, 1.165) is 30.4 Å². The Hall–Kier alpha value is -2.83. The van der Waals surface area contributed by atoms with Gasteiger partial charge in [-0.05, 0) is 89.8 Å². The van der Waals surface area contributed by atoms with E-state index in [1.165, 1.54) is 23.8 Å². The topological polar surface area (TPSA) is 97.7 Å². The van der Waals surface area contributed by atoms with Crippen LogP contribution in [0, 0.1) is 11.8 Å². The highest BCUT2D eigenvalue weighted by Crippen LogP contribution is 2.43. The van der Waals surface area contributed by atoms with Gasteiger partial charge in [0.05, 0.1) is 4.90 Å². The van der Waals surface area contributed by atoms with E-state index in [1.807, 2.05) is 12.1 Å². The molecule has 3 unspecified atom stereocenters. The lowest BCUT2D eigenvalue weighted by molar-refractivity contribution is 0.374. The molecular weight excluding hydrogens is 472 g/mol. The van der Waals surface area contributed by atoms with Gasteiger partial charge in [0.25, 0.3) is 0 Å². The maximum atomic E-state index is 11.4. The van der Waals surface area contributed by atoms with Gasteiger partial charge >= 0.3 is 0 Å². The third kappa shape index (κ3) is 7.34. The fourth-order valence-electron chi connectivity index (χ4n) is 5.15. The Bertz CT molecular complexity index is 1220. The van der Waals surface area contributed by atoms with E-state index in [2.05, 4.69) is 52.0 Å². The summed E-state index contributed by atoms with van der Waals surface area (Å²) in [5.74, 6) is 1.01. The predicted molar refractivity (Wildman–Crippen MR) is 142 cm³/mol. The van der Waals surface area contributed by atoms with Crippen molar-refractivity contribution in [2.24, 2.45) is 11.8 Å². The monoisotopic (exact) mass is 509 g/mol. The molecule has 3 rings (SSSR count). The number of rotatable bonds is 11. The molecule has 36 heavy (non-hydrogen) atoms. The number of hydrogen-bond donors (Lipinski definition) is 2. The van der Waals surface area contributed by atoms with E-state index in [1.54, 1.807) is 18.2 Å². The summed E-state index contributed by atoms with van der Waals surface area (Å²) in [7, 11) is -4.50. The molecule has 5 nitrogen and oxygen atoms in total. The minimum Gasteiger partial charge on any atom is -0.744 e. The van der Waals surface area contributed by atoms with Crippen LogP contribution in [0.25, 0.3) is 0 Å². The van der Waals surface area contributed by atoms with E-state index in [4.69, 9.17) is 0 Å². The number of phenols is 2. The summed E-state index contributed by atoms with van der Waals surface area (Å²) >= 11 is 0. The van der Waals surface area contributed by atoms with E-state index in [-0.39, 0.29) is 28.2 Å². The maximum absolute atomic E-state index is 11.4. The first-order valence-electron chi connectivity index (χ1n) is 12.6. The molecule has 0 saturated carbocycles. The Morgan fingerprint density at radius 1 is 0.694 bits per heavy atom. The van der Waals surface area contributed by atoms with Crippen LogP contribution in [0.3, 0.4) is 0 Å². The Morgan fingerprint density at radius 2 is 1.28 bits per heavy atom. The average molecular weight is 510 g/mol. The van der Waals surface area contributed by atoms with Crippen molar-refractivity contribution >= 4 is 10.1 Å². The molecule has 0 aromatic heterocycles. The second-order valence-corrected chi connectivity index (χ2v) is 11.9. The Kier molecular flexibility index (Phi) is 9.20. The lowest BCUT2D eigenvalue weighted by Gasteiger charge is -2.31. The second-order valence-electron chi connectivity index (χ2n) is 10.5. The van der Waals surface area contributed by atoms with E-state index >= 15 is 0 Å². The van der Waals surface area contributed by atoms with Crippen molar-refractivity contribution in [3.63, 3.8) is 0 Å². The minimum atomic E-state index is -4.50. The largest absolute Gasteiger partial charge is 0.744 e. The van der Waals surface area contributed by atoms with Crippen LogP contribution in [0.1, 0.15) is 81.4 Å². The molecule has 6 heteroatoms. The van der Waals surface area contributed by atoms with Crippen molar-refractivity contribution < 1.29 is 23.2 Å². The zero-order valence-corrected chi connectivity index (χ0v) is 22.3. The highest BCUT2D eigenvalue weighted by atomic mass is 32.2. The molecule has 0 saturated heterocycles. The first-order valence-corrected chi connectivity index (χ1v) is 14.0. The summed E-state index contributed by atoms with van der Waals surface area (Å²) in [6.07, 6.45) is 2.52. The SMILES string of the molecule is CC(C)CC(CC(CC(c1ccccc1)C(C)C)c1ccc(O)c(O)c1)c1ccc(S(=O)(=O)[O-])cc1. The molecule has 3 aromatic rings. The standard InChI is InChI=1S/C30H38O5S/c1-20(2)16-25(22-10-13-27(14-11-22)36(33,34)35)17-26(24-12-15-29(31)30(32)19-24)18-28(21(3)4)23-8-6-5-7-9-23/h5-15,19-21,25-26,28,31-32H,16-18H2,1-4H3,(H,33,34,35)/p-1. The quantitative estimate of drug-likeness (QED) is 0.211. The Balaban J connectivity index is 2.01. The summed E-state index contributed by atoms with van der Waals surface area (Å²) in [6.45, 7) is 8.75. The molecule has 194 valence electrons. The van der Waals surface area contributed by atoms with Crippen LogP contribution in [0.4, 0.5) is 0 Å². The molecule has 0 fully saturated rings. The number of aromatic hydroxyl groups is 2. The zero-order chi connectivity index (χ0) is 26.5. The van der Waals surface area contributed by atoms with Gasteiger partial charge in [-0.1, -0.05) is 76.2 Å². The molecule has 0 aliphatic heterocycles. The van der Waals surface area contributed by atoms with Gasteiger partial charge in [-0.15, -0.1) is 0 Å². The van der Waals surface area contributed by atoms with E-state index in [9.17, 15) is 23.2 Å². The minimum absolute atomic E-state index is 0.0794. The zero-order valence-electron chi connectivity index (χ0n) is 21.5. The van der Waals surface area contributed by atoms with Gasteiger partial charge in [-0.3, -0.25) is 0 Å². The number of phenolic OH excluding ortho intramolecular Hbond substituents is 2. The summed E-state index contributed by atoms with van der Waals surface area (Å²) in [4.78, 5) is -0.224. The number of hydrogen-bond acceptors (Lipinski definition) is 5. The van der Waals surface area contributed by atoms with Gasteiger partial charge in [0.15, 0.2) is 11.5 Å². The predicted octanol–water partition coefficient (Wildman–Crippen LogP) is 7.14. The highest BCUT2D eigenvalue weighted by Gasteiger charge is 2.27. The molecule has 3 atom stereocenters. The molecule has 0 aliphatic carbocycles. The molecule has 2 N–H and O–H groups in total. The van der Waals surface area contributed by atoms with Crippen LogP contribution in [0.5, 0.6) is 11.5 Å². The van der Waals surface area contributed by atoms with Gasteiger partial charge in [-0.2, -0.15) is 0 Å². The lowest BCUT2D eigenvalue weighted by Crippen LogP contribution is -2.15. The molecule has 0 radical (unpaired) electrons. The van der Waals surface area contributed by atoms with Gasteiger partial charge < -0.3 is 14.8 Å². The van der Waals surface area contributed by atoms with Crippen molar-refractivity contribution in [2.45, 2.75) is 69.6 Å². The van der Waals surface area contributed by atoms with Gasteiger partial charge in [-0.25, -0.2) is 8.42 Å². The molecule has 0 spiro atoms. The van der Waals surface area contributed by atoms with Crippen molar-refractivity contribution in [3.8, 4) is 11.5 Å². The van der Waals surface area contributed by atoms with E-state index < -0.39 is 10.1 Å². The summed E-state index contributed by atoms with van der Waals surface area (Å²) < 4.78 is 34.3. The third-order valence-electron chi connectivity index (χ3n) is 7.01. The van der Waals surface area contributed by atoms with Crippen LogP contribution >= 0.6 is 0 Å². The fraction of sp³-hybridized carbons (Fsp3) is 0.400. The lowest BCUT2D eigenvalue weighted by atomic mass is 9.74. The van der Waals surface area contributed by atoms with Crippen molar-refractivity contribution in [1.29, 1.82) is 0 Å². The number of benzene rings is 3. The summed E-state index contributed by atoms with van der Waals surface area (Å²) in [5, 5.41) is 20.2. The normalized spacial score (nSPS) is 14.6. The second kappa shape index (κ2) is 11.9. The third-order valence-corrected chi connectivity index (χ3v) is 7.86. The molecule has 0 aliphatic rings. The van der Waals surface area contributed by atoms with Crippen LogP contribution in [-0.2, 0) is 10.1 Å². The van der Waals surface area contributed by atoms with Gasteiger partial charge in [0, 0.05) is 0 Å². The Labute approximate surface area is 215 Å². The summed E-state index contributed by atoms with van der Waals surface area (Å²) in [5.41, 5.74) is 3.22. The molecule has 0 heterocycles. The molecular formula is C30H37O5S-. The van der Waals surface area contributed by atoms with E-state index in [0.29, 0.717) is 17.8 Å². The fourth-order valence-corrected chi connectivity index (χ4v) is 5.62. The first kappa shape index (κ1) is 27.8. The molecule has 3 aromatic carbocycles. The van der Waals surface area contributed by atoms with Crippen LogP contribution < -0.4 is 0 Å². The van der Waals surface area contributed by atoms with Crippen molar-refractivity contribution in [1.82, 2.24) is 0 Å².